The van der Waals surface area contributed by atoms with Gasteiger partial charge in [0.15, 0.2) is 5.16 Å². The van der Waals surface area contributed by atoms with Gasteiger partial charge in [-0.15, -0.1) is 10.2 Å². The van der Waals surface area contributed by atoms with Crippen molar-refractivity contribution in [1.82, 2.24) is 24.1 Å². The van der Waals surface area contributed by atoms with Crippen molar-refractivity contribution < 1.29 is 0 Å². The molecular formula is C20H21N5OS. The first-order valence-electron chi connectivity index (χ1n) is 9.19. The summed E-state index contributed by atoms with van der Waals surface area (Å²) in [4.78, 5) is 17.4. The van der Waals surface area contributed by atoms with Crippen LogP contribution >= 0.6 is 11.8 Å². The highest BCUT2D eigenvalue weighted by atomic mass is 32.2. The summed E-state index contributed by atoms with van der Waals surface area (Å²) in [7, 11) is 0. The van der Waals surface area contributed by atoms with E-state index in [1.807, 2.05) is 46.9 Å². The van der Waals surface area contributed by atoms with Crippen molar-refractivity contribution in [3.05, 3.63) is 64.7 Å². The molecule has 0 N–H and O–H groups in total. The molecule has 4 aromatic rings. The van der Waals surface area contributed by atoms with Gasteiger partial charge in [-0.25, -0.2) is 0 Å². The molecule has 3 aromatic heterocycles. The van der Waals surface area contributed by atoms with Gasteiger partial charge in [-0.2, -0.15) is 0 Å². The number of nitrogens with zero attached hydrogens (tertiary/aromatic N) is 5. The van der Waals surface area contributed by atoms with Gasteiger partial charge < -0.3 is 0 Å². The van der Waals surface area contributed by atoms with Gasteiger partial charge in [-0.05, 0) is 30.7 Å². The van der Waals surface area contributed by atoms with Crippen molar-refractivity contribution in [2.75, 3.05) is 0 Å². The first-order valence-corrected chi connectivity index (χ1v) is 10.2. The fraction of sp³-hybridized carbons (Fsp3) is 0.300. The minimum Gasteiger partial charge on any atom is -0.276 e. The number of aromatic nitrogens is 5. The minimum atomic E-state index is 0.00267. The lowest BCUT2D eigenvalue weighted by atomic mass is 10.2. The van der Waals surface area contributed by atoms with E-state index in [-0.39, 0.29) is 5.56 Å². The molecule has 0 unspecified atom stereocenters. The number of unbranched alkanes of at least 4 members (excludes halogenated alkanes) is 2. The van der Waals surface area contributed by atoms with Crippen molar-refractivity contribution >= 4 is 28.4 Å². The summed E-state index contributed by atoms with van der Waals surface area (Å²) in [6.45, 7) is 2.81. The van der Waals surface area contributed by atoms with E-state index in [0.29, 0.717) is 23.5 Å². The van der Waals surface area contributed by atoms with E-state index in [1.54, 1.807) is 22.5 Å². The van der Waals surface area contributed by atoms with E-state index in [0.717, 1.165) is 35.6 Å². The van der Waals surface area contributed by atoms with Gasteiger partial charge in [0.25, 0.3) is 5.56 Å². The molecule has 0 saturated heterocycles. The van der Waals surface area contributed by atoms with Gasteiger partial charge in [-0.1, -0.05) is 49.7 Å². The molecule has 27 heavy (non-hydrogen) atoms. The van der Waals surface area contributed by atoms with Crippen LogP contribution in [-0.4, -0.2) is 24.1 Å². The Labute approximate surface area is 161 Å². The Kier molecular flexibility index (Phi) is 5.20. The fourth-order valence-electron chi connectivity index (χ4n) is 3.17. The summed E-state index contributed by atoms with van der Waals surface area (Å²) >= 11 is 1.58. The molecule has 7 heteroatoms. The maximum atomic E-state index is 13.0. The smallest absolute Gasteiger partial charge is 0.262 e. The third-order valence-corrected chi connectivity index (χ3v) is 5.50. The van der Waals surface area contributed by atoms with Gasteiger partial charge >= 0.3 is 0 Å². The van der Waals surface area contributed by atoms with Gasteiger partial charge in [-0.3, -0.25) is 18.7 Å². The number of rotatable bonds is 7. The van der Waals surface area contributed by atoms with Crippen LogP contribution < -0.4 is 5.56 Å². The molecular weight excluding hydrogens is 358 g/mol. The van der Waals surface area contributed by atoms with Crippen molar-refractivity contribution in [3.8, 4) is 0 Å². The molecule has 6 nitrogen and oxygen atoms in total. The number of para-hydroxylation sites is 1. The summed E-state index contributed by atoms with van der Waals surface area (Å²) < 4.78 is 3.76. The second kappa shape index (κ2) is 7.92. The zero-order valence-corrected chi connectivity index (χ0v) is 16.0. The van der Waals surface area contributed by atoms with Crippen LogP contribution in [0, 0.1) is 0 Å². The predicted octanol–water partition coefficient (Wildman–Crippen LogP) is 3.92. The first kappa shape index (κ1) is 17.7. The zero-order chi connectivity index (χ0) is 18.6. The van der Waals surface area contributed by atoms with Crippen LogP contribution in [0.25, 0.3) is 16.7 Å². The second-order valence-corrected chi connectivity index (χ2v) is 7.35. The Balaban J connectivity index is 1.80. The number of pyridine rings is 1. The van der Waals surface area contributed by atoms with E-state index in [9.17, 15) is 4.79 Å². The van der Waals surface area contributed by atoms with Crippen molar-refractivity contribution in [3.63, 3.8) is 0 Å². The third-order valence-electron chi connectivity index (χ3n) is 4.54. The molecule has 0 bridgehead atoms. The second-order valence-electron chi connectivity index (χ2n) is 6.41. The molecule has 0 atom stereocenters. The highest BCUT2D eigenvalue weighted by Gasteiger charge is 2.16. The Morgan fingerprint density at radius 1 is 1.04 bits per heavy atom. The minimum absolute atomic E-state index is 0.00267. The highest BCUT2D eigenvalue weighted by Crippen LogP contribution is 2.24. The Morgan fingerprint density at radius 3 is 2.70 bits per heavy atom. The van der Waals surface area contributed by atoms with E-state index in [4.69, 9.17) is 0 Å². The summed E-state index contributed by atoms with van der Waals surface area (Å²) in [5, 5.41) is 10.2. The quantitative estimate of drug-likeness (QED) is 0.360. The SMILES string of the molecule is CCCCCn1c(=O)c2ccccc2n2c(SCc3ccccn3)nnc12. The molecule has 3 heterocycles. The maximum absolute atomic E-state index is 13.0. The van der Waals surface area contributed by atoms with Crippen molar-refractivity contribution in [2.24, 2.45) is 0 Å². The van der Waals surface area contributed by atoms with Crippen LogP contribution in [0.5, 0.6) is 0 Å². The Bertz CT molecular complexity index is 1120. The average Bonchev–Trinajstić information content (AvgIpc) is 3.14. The van der Waals surface area contributed by atoms with E-state index >= 15 is 0 Å². The fourth-order valence-corrected chi connectivity index (χ4v) is 4.03. The number of hydrogen-bond donors (Lipinski definition) is 0. The molecule has 1 aromatic carbocycles. The van der Waals surface area contributed by atoms with Gasteiger partial charge in [0, 0.05) is 18.5 Å². The Morgan fingerprint density at radius 2 is 1.89 bits per heavy atom. The van der Waals surface area contributed by atoms with Crippen LogP contribution in [0.4, 0.5) is 0 Å². The zero-order valence-electron chi connectivity index (χ0n) is 15.2. The van der Waals surface area contributed by atoms with Crippen LogP contribution in [0.1, 0.15) is 31.9 Å². The summed E-state index contributed by atoms with van der Waals surface area (Å²) in [5.41, 5.74) is 1.83. The number of benzene rings is 1. The van der Waals surface area contributed by atoms with Gasteiger partial charge in [0.1, 0.15) is 0 Å². The third kappa shape index (κ3) is 3.47. The van der Waals surface area contributed by atoms with Crippen LogP contribution in [-0.2, 0) is 12.3 Å². The Hall–Kier alpha value is -2.67. The normalized spacial score (nSPS) is 11.4. The lowest BCUT2D eigenvalue weighted by Crippen LogP contribution is -2.23. The first-order chi connectivity index (χ1) is 13.3. The number of thioether (sulfide) groups is 1. The number of fused-ring (bicyclic) bond motifs is 3. The molecule has 0 saturated carbocycles. The number of aryl methyl sites for hydroxylation is 1. The lowest BCUT2D eigenvalue weighted by Gasteiger charge is -2.11. The average molecular weight is 379 g/mol. The topological polar surface area (TPSA) is 65.1 Å². The summed E-state index contributed by atoms with van der Waals surface area (Å²) in [6.07, 6.45) is 4.93. The van der Waals surface area contributed by atoms with E-state index < -0.39 is 0 Å². The number of hydrogen-bond acceptors (Lipinski definition) is 5. The van der Waals surface area contributed by atoms with E-state index in [1.165, 1.54) is 0 Å². The monoisotopic (exact) mass is 379 g/mol. The van der Waals surface area contributed by atoms with Gasteiger partial charge in [0.05, 0.1) is 16.6 Å². The van der Waals surface area contributed by atoms with Crippen LogP contribution in [0.15, 0.2) is 58.6 Å². The highest BCUT2D eigenvalue weighted by molar-refractivity contribution is 7.98. The van der Waals surface area contributed by atoms with Crippen LogP contribution in [0.2, 0.25) is 0 Å². The largest absolute Gasteiger partial charge is 0.276 e. The van der Waals surface area contributed by atoms with Gasteiger partial charge in [0.2, 0.25) is 5.78 Å². The molecule has 0 radical (unpaired) electrons. The molecule has 0 aliphatic rings. The predicted molar refractivity (Wildman–Crippen MR) is 108 cm³/mol. The van der Waals surface area contributed by atoms with Crippen molar-refractivity contribution in [1.29, 1.82) is 0 Å². The standard InChI is InChI=1S/C20H21N5OS/c1-2-3-8-13-24-18(26)16-10-4-5-11-17(16)25-19(24)22-23-20(25)27-14-15-9-6-7-12-21-15/h4-7,9-12H,2-3,8,13-14H2,1H3. The maximum Gasteiger partial charge on any atom is 0.262 e. The molecule has 0 aliphatic heterocycles. The molecule has 4 rings (SSSR count). The summed E-state index contributed by atoms with van der Waals surface area (Å²) in [5.74, 6) is 1.31. The molecule has 0 amide bonds. The molecule has 0 fully saturated rings. The molecule has 0 aliphatic carbocycles. The van der Waals surface area contributed by atoms with E-state index in [2.05, 4.69) is 22.1 Å². The van der Waals surface area contributed by atoms with Crippen molar-refractivity contribution in [2.45, 2.75) is 43.6 Å². The summed E-state index contributed by atoms with van der Waals surface area (Å²) in [6, 6.07) is 13.5. The lowest BCUT2D eigenvalue weighted by molar-refractivity contribution is 0.594. The van der Waals surface area contributed by atoms with Crippen LogP contribution in [0.3, 0.4) is 0 Å². The molecule has 138 valence electrons. The molecule has 0 spiro atoms.